The van der Waals surface area contributed by atoms with Crippen LogP contribution >= 0.6 is 0 Å². The molecule has 1 aliphatic heterocycles. The van der Waals surface area contributed by atoms with E-state index in [-0.39, 0.29) is 29.8 Å². The molecule has 9 nitrogen and oxygen atoms in total. The molecule has 0 bridgehead atoms. The van der Waals surface area contributed by atoms with Gasteiger partial charge in [-0.2, -0.15) is 0 Å². The van der Waals surface area contributed by atoms with Crippen molar-refractivity contribution in [2.45, 2.75) is 19.8 Å². The van der Waals surface area contributed by atoms with Crippen molar-refractivity contribution in [3.63, 3.8) is 0 Å². The number of hydrogen-bond donors (Lipinski definition) is 1. The highest BCUT2D eigenvalue weighted by Crippen LogP contribution is 2.24. The van der Waals surface area contributed by atoms with Gasteiger partial charge >= 0.3 is 5.97 Å². The topological polar surface area (TPSA) is 119 Å². The van der Waals surface area contributed by atoms with E-state index in [2.05, 4.69) is 5.32 Å². The number of nitrogens with one attached hydrogen (secondary N) is 1. The van der Waals surface area contributed by atoms with Crippen molar-refractivity contribution in [3.8, 4) is 5.75 Å². The molecule has 0 fully saturated rings. The first-order chi connectivity index (χ1) is 15.3. The molecule has 0 atom stereocenters. The Balaban J connectivity index is 1.44. The minimum absolute atomic E-state index is 0.0527. The molecule has 1 N–H and O–H groups in total. The van der Waals surface area contributed by atoms with E-state index in [0.29, 0.717) is 23.6 Å². The summed E-state index contributed by atoms with van der Waals surface area (Å²) in [4.78, 5) is 61.0. The van der Waals surface area contributed by atoms with Crippen molar-refractivity contribution >= 4 is 35.2 Å². The number of ether oxygens (including phenoxy) is 2. The van der Waals surface area contributed by atoms with E-state index in [0.717, 1.165) is 4.90 Å². The highest BCUT2D eigenvalue weighted by Gasteiger charge is 2.32. The maximum atomic E-state index is 12.2. The number of hydrogen-bond acceptors (Lipinski definition) is 7. The van der Waals surface area contributed by atoms with Gasteiger partial charge in [0, 0.05) is 24.7 Å². The number of benzene rings is 2. The number of ketones is 1. The highest BCUT2D eigenvalue weighted by atomic mass is 16.5. The molecule has 1 heterocycles. The van der Waals surface area contributed by atoms with Crippen LogP contribution in [0.15, 0.2) is 42.5 Å². The molecule has 166 valence electrons. The Morgan fingerprint density at radius 2 is 1.62 bits per heavy atom. The first-order valence-corrected chi connectivity index (χ1v) is 9.98. The summed E-state index contributed by atoms with van der Waals surface area (Å²) in [6.07, 6.45) is -0.218. The smallest absolute Gasteiger partial charge is 0.306 e. The molecular formula is C23H22N2O7. The van der Waals surface area contributed by atoms with Crippen LogP contribution in [-0.2, 0) is 14.3 Å². The van der Waals surface area contributed by atoms with Crippen molar-refractivity contribution in [2.75, 3.05) is 25.6 Å². The van der Waals surface area contributed by atoms with Gasteiger partial charge in [0.2, 0.25) is 0 Å². The predicted molar refractivity (Wildman–Crippen MR) is 114 cm³/mol. The number of rotatable bonds is 9. The van der Waals surface area contributed by atoms with E-state index >= 15 is 0 Å². The van der Waals surface area contributed by atoms with E-state index in [1.165, 1.54) is 25.2 Å². The Morgan fingerprint density at radius 3 is 2.31 bits per heavy atom. The van der Waals surface area contributed by atoms with Gasteiger partial charge in [-0.1, -0.05) is 0 Å². The molecule has 2 aromatic rings. The summed E-state index contributed by atoms with van der Waals surface area (Å²) in [6.45, 7) is 1.84. The van der Waals surface area contributed by atoms with Gasteiger partial charge in [-0.3, -0.25) is 28.9 Å². The highest BCUT2D eigenvalue weighted by molar-refractivity contribution is 6.21. The fourth-order valence-electron chi connectivity index (χ4n) is 3.12. The van der Waals surface area contributed by atoms with Crippen LogP contribution in [0, 0.1) is 0 Å². The van der Waals surface area contributed by atoms with Gasteiger partial charge < -0.3 is 14.8 Å². The normalized spacial score (nSPS) is 12.4. The molecule has 2 aromatic carbocycles. The monoisotopic (exact) mass is 438 g/mol. The molecule has 0 saturated carbocycles. The standard InChI is InChI=1S/C23H22N2O7/c1-3-31-16-7-4-14(5-8-16)19(26)10-11-21(28)32-13-20(27)24-15-6-9-17-18(12-15)23(30)25(2)22(17)29/h4-9,12H,3,10-11,13H2,1-2H3,(H,24,27). The minimum atomic E-state index is -0.684. The first-order valence-electron chi connectivity index (χ1n) is 9.98. The lowest BCUT2D eigenvalue weighted by molar-refractivity contribution is -0.147. The summed E-state index contributed by atoms with van der Waals surface area (Å²) < 4.78 is 10.2. The van der Waals surface area contributed by atoms with Gasteiger partial charge in [-0.25, -0.2) is 0 Å². The zero-order chi connectivity index (χ0) is 23.3. The van der Waals surface area contributed by atoms with Crippen LogP contribution in [0.5, 0.6) is 5.75 Å². The van der Waals surface area contributed by atoms with Crippen molar-refractivity contribution in [1.29, 1.82) is 0 Å². The molecule has 9 heteroatoms. The number of imide groups is 1. The second-order valence-electron chi connectivity index (χ2n) is 7.02. The average Bonchev–Trinajstić information content (AvgIpc) is 3.00. The van der Waals surface area contributed by atoms with Crippen molar-refractivity contribution in [1.82, 2.24) is 4.90 Å². The minimum Gasteiger partial charge on any atom is -0.494 e. The number of anilines is 1. The first kappa shape index (κ1) is 22.7. The predicted octanol–water partition coefficient (Wildman–Crippen LogP) is 2.46. The lowest BCUT2D eigenvalue weighted by atomic mass is 10.1. The second-order valence-corrected chi connectivity index (χ2v) is 7.02. The Morgan fingerprint density at radius 1 is 0.938 bits per heavy atom. The van der Waals surface area contributed by atoms with Crippen LogP contribution in [0.2, 0.25) is 0 Å². The number of carbonyl (C=O) groups excluding carboxylic acids is 5. The van der Waals surface area contributed by atoms with Crippen LogP contribution in [0.3, 0.4) is 0 Å². The molecular weight excluding hydrogens is 416 g/mol. The molecule has 0 saturated heterocycles. The van der Waals surface area contributed by atoms with Gasteiger partial charge in [-0.05, 0) is 49.4 Å². The van der Waals surface area contributed by atoms with Gasteiger partial charge in [0.25, 0.3) is 17.7 Å². The molecule has 0 aliphatic carbocycles. The molecule has 1 aliphatic rings. The van der Waals surface area contributed by atoms with Crippen LogP contribution < -0.4 is 10.1 Å². The van der Waals surface area contributed by atoms with Crippen molar-refractivity contribution in [3.05, 3.63) is 59.2 Å². The number of fused-ring (bicyclic) bond motifs is 1. The Hall–Kier alpha value is -4.01. The van der Waals surface area contributed by atoms with Gasteiger partial charge in [0.05, 0.1) is 24.2 Å². The number of Topliss-reactive ketones (excluding diaryl/α,β-unsaturated/α-hetero) is 1. The summed E-state index contributed by atoms with van der Waals surface area (Å²) >= 11 is 0. The third-order valence-electron chi connectivity index (χ3n) is 4.78. The fourth-order valence-corrected chi connectivity index (χ4v) is 3.12. The third kappa shape index (κ3) is 5.18. The zero-order valence-electron chi connectivity index (χ0n) is 17.7. The van der Waals surface area contributed by atoms with E-state index in [1.807, 2.05) is 6.92 Å². The summed E-state index contributed by atoms with van der Waals surface area (Å²) in [5.74, 6) is -1.73. The maximum Gasteiger partial charge on any atom is 0.306 e. The van der Waals surface area contributed by atoms with Crippen LogP contribution in [0.4, 0.5) is 5.69 Å². The van der Waals surface area contributed by atoms with Crippen molar-refractivity contribution < 1.29 is 33.4 Å². The van der Waals surface area contributed by atoms with Crippen molar-refractivity contribution in [2.24, 2.45) is 0 Å². The van der Waals surface area contributed by atoms with Crippen LogP contribution in [0.25, 0.3) is 0 Å². The molecule has 3 rings (SSSR count). The Bertz CT molecular complexity index is 1080. The molecule has 0 radical (unpaired) electrons. The number of amides is 3. The van der Waals surface area contributed by atoms with Crippen LogP contribution in [-0.4, -0.2) is 54.6 Å². The van der Waals surface area contributed by atoms with E-state index in [4.69, 9.17) is 9.47 Å². The maximum absolute atomic E-state index is 12.2. The van der Waals surface area contributed by atoms with Crippen LogP contribution in [0.1, 0.15) is 50.8 Å². The number of esters is 1. The third-order valence-corrected chi connectivity index (χ3v) is 4.78. The lowest BCUT2D eigenvalue weighted by Crippen LogP contribution is -2.24. The van der Waals surface area contributed by atoms with E-state index < -0.39 is 30.3 Å². The Labute approximate surface area is 184 Å². The molecule has 0 aromatic heterocycles. The zero-order valence-corrected chi connectivity index (χ0v) is 17.7. The summed E-state index contributed by atoms with van der Waals surface area (Å²) in [6, 6.07) is 10.9. The summed E-state index contributed by atoms with van der Waals surface area (Å²) in [5, 5.41) is 2.51. The lowest BCUT2D eigenvalue weighted by Gasteiger charge is -2.08. The SMILES string of the molecule is CCOc1ccc(C(=O)CCC(=O)OCC(=O)Nc2ccc3c(c2)C(=O)N(C)C3=O)cc1. The molecule has 0 spiro atoms. The Kier molecular flexibility index (Phi) is 6.99. The van der Waals surface area contributed by atoms with Gasteiger partial charge in [-0.15, -0.1) is 0 Å². The molecule has 3 amide bonds. The summed E-state index contributed by atoms with van der Waals surface area (Å²) in [5.41, 5.74) is 1.21. The van der Waals surface area contributed by atoms with E-state index in [1.54, 1.807) is 24.3 Å². The quantitative estimate of drug-likeness (QED) is 0.363. The second kappa shape index (κ2) is 9.86. The van der Waals surface area contributed by atoms with Gasteiger partial charge in [0.1, 0.15) is 5.75 Å². The van der Waals surface area contributed by atoms with Gasteiger partial charge in [0.15, 0.2) is 12.4 Å². The number of nitrogens with zero attached hydrogens (tertiary/aromatic N) is 1. The molecule has 0 unspecified atom stereocenters. The fraction of sp³-hybridized carbons (Fsp3) is 0.261. The molecule has 32 heavy (non-hydrogen) atoms. The van der Waals surface area contributed by atoms with E-state index in [9.17, 15) is 24.0 Å². The largest absolute Gasteiger partial charge is 0.494 e. The average molecular weight is 438 g/mol. The summed E-state index contributed by atoms with van der Waals surface area (Å²) in [7, 11) is 1.38. The number of carbonyl (C=O) groups is 5.